The van der Waals surface area contributed by atoms with E-state index in [1.54, 1.807) is 0 Å². The zero-order valence-corrected chi connectivity index (χ0v) is 10.7. The highest BCUT2D eigenvalue weighted by Gasteiger charge is 2.47. The van der Waals surface area contributed by atoms with Crippen LogP contribution >= 0.6 is 0 Å². The molecule has 1 heterocycles. The first-order valence-electron chi connectivity index (χ1n) is 5.88. The van der Waals surface area contributed by atoms with Crippen molar-refractivity contribution in [2.45, 2.75) is 12.1 Å². The van der Waals surface area contributed by atoms with Crippen molar-refractivity contribution in [2.24, 2.45) is 0 Å². The number of esters is 1. The molecule has 7 heteroatoms. The lowest BCUT2D eigenvalue weighted by atomic mass is 10.1. The number of hydrogen-bond donors (Lipinski definition) is 0. The molecule has 0 saturated carbocycles. The van der Waals surface area contributed by atoms with Gasteiger partial charge < -0.3 is 9.64 Å². The first-order valence-corrected chi connectivity index (χ1v) is 5.88. The van der Waals surface area contributed by atoms with Crippen LogP contribution < -0.4 is 0 Å². The van der Waals surface area contributed by atoms with Crippen molar-refractivity contribution in [1.82, 2.24) is 4.90 Å². The van der Waals surface area contributed by atoms with Crippen molar-refractivity contribution >= 4 is 11.9 Å². The highest BCUT2D eigenvalue weighted by Crippen LogP contribution is 2.28. The average Bonchev–Trinajstić information content (AvgIpc) is 2.79. The molecule has 0 bridgehead atoms. The number of nitrogens with zero attached hydrogens (tertiary/aromatic N) is 1. The Morgan fingerprint density at radius 2 is 1.85 bits per heavy atom. The Kier molecular flexibility index (Phi) is 3.69. The number of carbonyl (C=O) groups excluding carboxylic acids is 2. The van der Waals surface area contributed by atoms with Crippen LogP contribution in [0, 0.1) is 11.6 Å². The van der Waals surface area contributed by atoms with E-state index >= 15 is 0 Å². The minimum absolute atomic E-state index is 0.0252. The van der Waals surface area contributed by atoms with Crippen LogP contribution in [0.3, 0.4) is 0 Å². The van der Waals surface area contributed by atoms with Crippen molar-refractivity contribution in [3.05, 3.63) is 35.4 Å². The Hall–Kier alpha value is -2.05. The number of hydrogen-bond acceptors (Lipinski definition) is 3. The maximum Gasteiger partial charge on any atom is 0.345 e. The molecule has 1 unspecified atom stereocenters. The number of alkyl halides is 1. The Bertz CT molecular complexity index is 544. The first-order chi connectivity index (χ1) is 9.35. The molecule has 1 aliphatic rings. The molecule has 0 aromatic heterocycles. The van der Waals surface area contributed by atoms with Gasteiger partial charge in [0.25, 0.3) is 5.91 Å². The molecule has 1 amide bonds. The van der Waals surface area contributed by atoms with E-state index in [9.17, 15) is 22.8 Å². The summed E-state index contributed by atoms with van der Waals surface area (Å²) in [7, 11) is 1.05. The summed E-state index contributed by atoms with van der Waals surface area (Å²) < 4.78 is 44.6. The van der Waals surface area contributed by atoms with Crippen LogP contribution in [0.2, 0.25) is 0 Å². The van der Waals surface area contributed by atoms with E-state index in [1.165, 1.54) is 0 Å². The van der Waals surface area contributed by atoms with E-state index in [0.717, 1.165) is 24.1 Å². The monoisotopic (exact) mass is 287 g/mol. The Balaban J connectivity index is 2.17. The van der Waals surface area contributed by atoms with Gasteiger partial charge in [-0.15, -0.1) is 0 Å². The van der Waals surface area contributed by atoms with E-state index in [1.807, 2.05) is 0 Å². The lowest BCUT2D eigenvalue weighted by Crippen LogP contribution is -2.39. The Labute approximate surface area is 113 Å². The third-order valence-corrected chi connectivity index (χ3v) is 3.17. The summed E-state index contributed by atoms with van der Waals surface area (Å²) in [6.07, 6.45) is -0.205. The number of carbonyl (C=O) groups is 2. The predicted molar refractivity (Wildman–Crippen MR) is 62.7 cm³/mol. The van der Waals surface area contributed by atoms with Crippen LogP contribution in [0.25, 0.3) is 0 Å². The first kappa shape index (κ1) is 14.4. The fourth-order valence-electron chi connectivity index (χ4n) is 2.16. The molecule has 108 valence electrons. The van der Waals surface area contributed by atoms with Crippen molar-refractivity contribution in [1.29, 1.82) is 0 Å². The van der Waals surface area contributed by atoms with E-state index in [2.05, 4.69) is 4.74 Å². The molecule has 0 radical (unpaired) electrons. The highest BCUT2D eigenvalue weighted by molar-refractivity contribution is 5.95. The molecular formula is C13H12F3NO3. The average molecular weight is 287 g/mol. The molecule has 4 nitrogen and oxygen atoms in total. The minimum atomic E-state index is -2.27. The van der Waals surface area contributed by atoms with Gasteiger partial charge in [0, 0.05) is 24.6 Å². The molecular weight excluding hydrogens is 275 g/mol. The summed E-state index contributed by atoms with van der Waals surface area (Å²) in [6.45, 7) is -0.515. The summed E-state index contributed by atoms with van der Waals surface area (Å²) >= 11 is 0. The largest absolute Gasteiger partial charge is 0.467 e. The number of amides is 1. The fourth-order valence-corrected chi connectivity index (χ4v) is 2.16. The summed E-state index contributed by atoms with van der Waals surface area (Å²) in [4.78, 5) is 24.4. The third-order valence-electron chi connectivity index (χ3n) is 3.17. The Morgan fingerprint density at radius 3 is 2.40 bits per heavy atom. The van der Waals surface area contributed by atoms with E-state index < -0.39 is 35.7 Å². The van der Waals surface area contributed by atoms with Crippen molar-refractivity contribution in [2.75, 3.05) is 20.2 Å². The second kappa shape index (κ2) is 5.15. The van der Waals surface area contributed by atoms with Gasteiger partial charge in [-0.3, -0.25) is 4.79 Å². The second-order valence-electron chi connectivity index (χ2n) is 4.59. The van der Waals surface area contributed by atoms with Gasteiger partial charge in [-0.2, -0.15) is 0 Å². The van der Waals surface area contributed by atoms with Gasteiger partial charge >= 0.3 is 5.97 Å². The zero-order valence-electron chi connectivity index (χ0n) is 10.7. The van der Waals surface area contributed by atoms with E-state index in [0.29, 0.717) is 6.07 Å². The molecule has 1 fully saturated rings. The summed E-state index contributed by atoms with van der Waals surface area (Å²) in [5.74, 6) is -3.58. The lowest BCUT2D eigenvalue weighted by molar-refractivity contribution is -0.153. The number of benzene rings is 1. The number of halogens is 3. The molecule has 0 spiro atoms. The van der Waals surface area contributed by atoms with Gasteiger partial charge in [0.05, 0.1) is 13.7 Å². The van der Waals surface area contributed by atoms with Gasteiger partial charge in [0.2, 0.25) is 5.67 Å². The van der Waals surface area contributed by atoms with Gasteiger partial charge in [-0.25, -0.2) is 18.0 Å². The lowest BCUT2D eigenvalue weighted by Gasteiger charge is -2.19. The molecule has 0 N–H and O–H groups in total. The molecule has 1 aliphatic heterocycles. The van der Waals surface area contributed by atoms with Gasteiger partial charge in [-0.1, -0.05) is 0 Å². The maximum atomic E-state index is 14.2. The highest BCUT2D eigenvalue weighted by atomic mass is 19.1. The second-order valence-corrected chi connectivity index (χ2v) is 4.59. The fraction of sp³-hybridized carbons (Fsp3) is 0.385. The van der Waals surface area contributed by atoms with E-state index in [-0.39, 0.29) is 18.5 Å². The van der Waals surface area contributed by atoms with Crippen LogP contribution in [-0.4, -0.2) is 42.6 Å². The minimum Gasteiger partial charge on any atom is -0.467 e. The molecule has 2 rings (SSSR count). The standard InChI is InChI=1S/C13H12F3NO3/c1-20-12(19)13(16)2-3-17(7-13)11(18)8-4-9(14)6-10(15)5-8/h4-6H,2-3,7H2,1H3. The third kappa shape index (κ3) is 2.61. The van der Waals surface area contributed by atoms with Crippen molar-refractivity contribution in [3.63, 3.8) is 0 Å². The van der Waals surface area contributed by atoms with Gasteiger partial charge in [-0.05, 0) is 12.1 Å². The molecule has 1 atom stereocenters. The summed E-state index contributed by atoms with van der Waals surface area (Å²) in [5.41, 5.74) is -2.49. The van der Waals surface area contributed by atoms with Crippen LogP contribution in [0.1, 0.15) is 16.8 Å². The topological polar surface area (TPSA) is 46.6 Å². The van der Waals surface area contributed by atoms with E-state index in [4.69, 9.17) is 0 Å². The predicted octanol–water partition coefficient (Wildman–Crippen LogP) is 1.69. The van der Waals surface area contributed by atoms with Gasteiger partial charge in [0.15, 0.2) is 0 Å². The van der Waals surface area contributed by atoms with Gasteiger partial charge in [0.1, 0.15) is 11.6 Å². The normalized spacial score (nSPS) is 21.9. The van der Waals surface area contributed by atoms with Crippen molar-refractivity contribution in [3.8, 4) is 0 Å². The number of methoxy groups -OCH3 is 1. The molecule has 20 heavy (non-hydrogen) atoms. The number of rotatable bonds is 2. The quantitative estimate of drug-likeness (QED) is 0.778. The summed E-state index contributed by atoms with van der Waals surface area (Å²) in [6, 6.07) is 2.36. The smallest absolute Gasteiger partial charge is 0.345 e. The maximum absolute atomic E-state index is 14.2. The molecule has 0 aliphatic carbocycles. The number of likely N-dealkylation sites (tertiary alicyclic amines) is 1. The Morgan fingerprint density at radius 1 is 1.25 bits per heavy atom. The molecule has 1 aromatic carbocycles. The van der Waals surface area contributed by atoms with Crippen LogP contribution in [0.4, 0.5) is 13.2 Å². The zero-order chi connectivity index (χ0) is 14.9. The van der Waals surface area contributed by atoms with Crippen LogP contribution in [-0.2, 0) is 9.53 Å². The van der Waals surface area contributed by atoms with Crippen LogP contribution in [0.5, 0.6) is 0 Å². The molecule has 1 saturated heterocycles. The number of ether oxygens (including phenoxy) is 1. The SMILES string of the molecule is COC(=O)C1(F)CCN(C(=O)c2cc(F)cc(F)c2)C1. The van der Waals surface area contributed by atoms with Crippen molar-refractivity contribution < 1.29 is 27.5 Å². The molecule has 1 aromatic rings. The van der Waals surface area contributed by atoms with Crippen LogP contribution in [0.15, 0.2) is 18.2 Å². The summed E-state index contributed by atoms with van der Waals surface area (Å²) in [5, 5.41) is 0.